The third kappa shape index (κ3) is 2.64. The smallest absolute Gasteiger partial charge is 0.341 e. The Morgan fingerprint density at radius 1 is 1.14 bits per heavy atom. The molecule has 1 aliphatic carbocycles. The van der Waals surface area contributed by atoms with Crippen LogP contribution in [0.25, 0.3) is 10.9 Å². The molecule has 0 radical (unpaired) electrons. The van der Waals surface area contributed by atoms with Gasteiger partial charge in [-0.25, -0.2) is 4.79 Å². The summed E-state index contributed by atoms with van der Waals surface area (Å²) in [4.78, 5) is 26.5. The molecule has 3 N–H and O–H groups in total. The quantitative estimate of drug-likeness (QED) is 0.687. The number of nitrogens with two attached hydrogens (primary N) is 1. The highest BCUT2D eigenvalue weighted by Crippen LogP contribution is 2.39. The summed E-state index contributed by atoms with van der Waals surface area (Å²) in [6.45, 7) is 1.63. The van der Waals surface area contributed by atoms with Crippen molar-refractivity contribution in [2.24, 2.45) is 0 Å². The van der Waals surface area contributed by atoms with E-state index >= 15 is 0 Å². The van der Waals surface area contributed by atoms with E-state index in [0.717, 1.165) is 43.6 Å². The van der Waals surface area contributed by atoms with Gasteiger partial charge in [0.15, 0.2) is 0 Å². The normalized spacial score (nSPS) is 16.2. The van der Waals surface area contributed by atoms with E-state index in [2.05, 4.69) is 23.1 Å². The van der Waals surface area contributed by atoms with Crippen molar-refractivity contribution in [3.05, 3.63) is 69.5 Å². The standard InChI is InChI=1S/C22H21N3O3/c23-18-9-16-19(25(15-5-6-15)12-17(21(16)26)22(27)28)10-20(18)24-8-7-13-3-1-2-4-14(13)11-24/h1-4,9-10,12,15H,5-8,11,23H2,(H,27,28). The summed E-state index contributed by atoms with van der Waals surface area (Å²) >= 11 is 0. The molecule has 28 heavy (non-hydrogen) atoms. The number of aromatic nitrogens is 1. The van der Waals surface area contributed by atoms with E-state index in [9.17, 15) is 14.7 Å². The zero-order valence-electron chi connectivity index (χ0n) is 15.4. The second kappa shape index (κ2) is 6.12. The van der Waals surface area contributed by atoms with E-state index in [4.69, 9.17) is 5.73 Å². The number of rotatable bonds is 3. The molecule has 0 saturated heterocycles. The predicted octanol–water partition coefficient (Wildman–Crippen LogP) is 3.18. The summed E-state index contributed by atoms with van der Waals surface area (Å²) in [7, 11) is 0. The van der Waals surface area contributed by atoms with Crippen molar-refractivity contribution in [2.45, 2.75) is 31.8 Å². The number of aromatic carboxylic acids is 1. The summed E-state index contributed by atoms with van der Waals surface area (Å²) in [5.41, 5.74) is 10.5. The highest BCUT2D eigenvalue weighted by atomic mass is 16.4. The van der Waals surface area contributed by atoms with Crippen molar-refractivity contribution in [1.29, 1.82) is 0 Å². The lowest BCUT2D eigenvalue weighted by Crippen LogP contribution is -2.31. The van der Waals surface area contributed by atoms with Gasteiger partial charge in [-0.1, -0.05) is 24.3 Å². The molecule has 3 aromatic rings. The molecule has 1 fully saturated rings. The van der Waals surface area contributed by atoms with Crippen LogP contribution in [0.2, 0.25) is 0 Å². The Bertz CT molecular complexity index is 1180. The van der Waals surface area contributed by atoms with E-state index in [0.29, 0.717) is 11.1 Å². The summed E-state index contributed by atoms with van der Waals surface area (Å²) in [6.07, 6.45) is 4.43. The van der Waals surface area contributed by atoms with Crippen molar-refractivity contribution >= 4 is 28.2 Å². The molecular weight excluding hydrogens is 354 g/mol. The number of hydrogen-bond acceptors (Lipinski definition) is 4. The van der Waals surface area contributed by atoms with Gasteiger partial charge in [0.25, 0.3) is 0 Å². The van der Waals surface area contributed by atoms with Crippen LogP contribution in [-0.4, -0.2) is 22.2 Å². The van der Waals surface area contributed by atoms with Gasteiger partial charge in [0, 0.05) is 30.7 Å². The third-order valence-electron chi connectivity index (χ3n) is 5.82. The number of anilines is 2. The topological polar surface area (TPSA) is 88.6 Å². The van der Waals surface area contributed by atoms with Gasteiger partial charge < -0.3 is 20.3 Å². The molecule has 1 aliphatic heterocycles. The molecule has 6 heteroatoms. The number of nitrogens with zero attached hydrogens (tertiary/aromatic N) is 2. The molecule has 2 heterocycles. The molecule has 0 bridgehead atoms. The molecule has 142 valence electrons. The van der Waals surface area contributed by atoms with E-state index in [1.807, 2.05) is 16.7 Å². The summed E-state index contributed by atoms with van der Waals surface area (Å²) in [5, 5.41) is 9.80. The maximum absolute atomic E-state index is 12.7. The van der Waals surface area contributed by atoms with Gasteiger partial charge in [-0.2, -0.15) is 0 Å². The fourth-order valence-corrected chi connectivity index (χ4v) is 4.18. The molecule has 0 atom stereocenters. The van der Waals surface area contributed by atoms with Crippen LogP contribution in [0.3, 0.4) is 0 Å². The SMILES string of the molecule is Nc1cc2c(=O)c(C(=O)O)cn(C3CC3)c2cc1N1CCc2ccccc2C1. The molecule has 5 rings (SSSR count). The van der Waals surface area contributed by atoms with E-state index in [1.165, 1.54) is 17.3 Å². The van der Waals surface area contributed by atoms with Crippen molar-refractivity contribution in [3.8, 4) is 0 Å². The van der Waals surface area contributed by atoms with Crippen LogP contribution < -0.4 is 16.1 Å². The summed E-state index contributed by atoms with van der Waals surface area (Å²) < 4.78 is 1.95. The molecule has 6 nitrogen and oxygen atoms in total. The highest BCUT2D eigenvalue weighted by Gasteiger charge is 2.28. The Kier molecular flexibility index (Phi) is 3.69. The number of hydrogen-bond donors (Lipinski definition) is 2. The molecule has 0 unspecified atom stereocenters. The molecule has 0 spiro atoms. The van der Waals surface area contributed by atoms with E-state index in [1.54, 1.807) is 6.07 Å². The van der Waals surface area contributed by atoms with Gasteiger partial charge >= 0.3 is 5.97 Å². The number of benzene rings is 2. The highest BCUT2D eigenvalue weighted by molar-refractivity contribution is 5.96. The van der Waals surface area contributed by atoms with E-state index < -0.39 is 11.4 Å². The summed E-state index contributed by atoms with van der Waals surface area (Å²) in [6, 6.07) is 12.3. The Morgan fingerprint density at radius 3 is 2.61 bits per heavy atom. The minimum Gasteiger partial charge on any atom is -0.477 e. The Labute approximate surface area is 161 Å². The first kappa shape index (κ1) is 16.9. The molecular formula is C22H21N3O3. The molecule has 1 saturated carbocycles. The second-order valence-corrected chi connectivity index (χ2v) is 7.68. The lowest BCUT2D eigenvalue weighted by molar-refractivity contribution is 0.0695. The van der Waals surface area contributed by atoms with Crippen LogP contribution in [0.4, 0.5) is 11.4 Å². The first-order chi connectivity index (χ1) is 13.5. The van der Waals surface area contributed by atoms with Gasteiger partial charge in [0.1, 0.15) is 5.56 Å². The first-order valence-electron chi connectivity index (χ1n) is 9.56. The number of nitrogen functional groups attached to an aromatic ring is 1. The van der Waals surface area contributed by atoms with Crippen molar-refractivity contribution < 1.29 is 9.90 Å². The van der Waals surface area contributed by atoms with Gasteiger partial charge in [0.05, 0.1) is 16.9 Å². The van der Waals surface area contributed by atoms with Gasteiger partial charge in [-0.3, -0.25) is 4.79 Å². The monoisotopic (exact) mass is 375 g/mol. The lowest BCUT2D eigenvalue weighted by atomic mass is 9.99. The molecule has 2 aromatic carbocycles. The van der Waals surface area contributed by atoms with Crippen LogP contribution in [0, 0.1) is 0 Å². The number of carboxylic acids is 1. The zero-order valence-corrected chi connectivity index (χ0v) is 15.4. The van der Waals surface area contributed by atoms with Crippen molar-refractivity contribution in [3.63, 3.8) is 0 Å². The number of carbonyl (C=O) groups is 1. The summed E-state index contributed by atoms with van der Waals surface area (Å²) in [5.74, 6) is -1.20. The fourth-order valence-electron chi connectivity index (χ4n) is 4.18. The number of carboxylic acid groups (broad SMARTS) is 1. The molecule has 1 aromatic heterocycles. The number of pyridine rings is 1. The van der Waals surface area contributed by atoms with Crippen molar-refractivity contribution in [1.82, 2.24) is 4.57 Å². The molecule has 2 aliphatic rings. The van der Waals surface area contributed by atoms with Gasteiger partial charge in [0.2, 0.25) is 5.43 Å². The van der Waals surface area contributed by atoms with E-state index in [-0.39, 0.29) is 11.6 Å². The largest absolute Gasteiger partial charge is 0.477 e. The lowest BCUT2D eigenvalue weighted by Gasteiger charge is -2.32. The average Bonchev–Trinajstić information content (AvgIpc) is 3.53. The minimum absolute atomic E-state index is 0.196. The fraction of sp³-hybridized carbons (Fsp3) is 0.273. The maximum atomic E-state index is 12.7. The zero-order chi connectivity index (χ0) is 19.4. The second-order valence-electron chi connectivity index (χ2n) is 7.68. The third-order valence-corrected chi connectivity index (χ3v) is 5.82. The van der Waals surface area contributed by atoms with Crippen LogP contribution in [0.5, 0.6) is 0 Å². The Morgan fingerprint density at radius 2 is 1.89 bits per heavy atom. The Balaban J connectivity index is 1.67. The van der Waals surface area contributed by atoms with Crippen molar-refractivity contribution in [2.75, 3.05) is 17.2 Å². The van der Waals surface area contributed by atoms with Crippen LogP contribution in [0.1, 0.15) is 40.4 Å². The predicted molar refractivity (Wildman–Crippen MR) is 109 cm³/mol. The Hall–Kier alpha value is -3.28. The maximum Gasteiger partial charge on any atom is 0.341 e. The van der Waals surface area contributed by atoms with Crippen LogP contribution in [0.15, 0.2) is 47.4 Å². The minimum atomic E-state index is -1.20. The first-order valence-corrected chi connectivity index (χ1v) is 9.56. The number of fused-ring (bicyclic) bond motifs is 2. The molecule has 0 amide bonds. The average molecular weight is 375 g/mol. The van der Waals surface area contributed by atoms with Crippen LogP contribution >= 0.6 is 0 Å². The van der Waals surface area contributed by atoms with Gasteiger partial charge in [-0.05, 0) is 42.5 Å². The van der Waals surface area contributed by atoms with Gasteiger partial charge in [-0.15, -0.1) is 0 Å². The van der Waals surface area contributed by atoms with Crippen LogP contribution in [-0.2, 0) is 13.0 Å².